The van der Waals surface area contributed by atoms with E-state index in [0.29, 0.717) is 6.04 Å². The number of benzene rings is 1. The number of hydrogen-bond acceptors (Lipinski definition) is 5. The van der Waals surface area contributed by atoms with E-state index in [2.05, 4.69) is 42.3 Å². The molecule has 0 unspecified atom stereocenters. The van der Waals surface area contributed by atoms with Crippen LogP contribution in [0.4, 0.5) is 0 Å². The molecule has 0 saturated heterocycles. The molecule has 3 nitrogen and oxygen atoms in total. The minimum Gasteiger partial charge on any atom is -0.496 e. The molecule has 0 amide bonds. The van der Waals surface area contributed by atoms with Gasteiger partial charge in [-0.2, -0.15) is 0 Å². The highest BCUT2D eigenvalue weighted by Crippen LogP contribution is 2.29. The predicted molar refractivity (Wildman–Crippen MR) is 86.6 cm³/mol. The first-order valence-corrected chi connectivity index (χ1v) is 8.47. The fraction of sp³-hybridized carbons (Fsp3) is 0.400. The predicted octanol–water partition coefficient (Wildman–Crippen LogP) is 3.94. The van der Waals surface area contributed by atoms with Crippen LogP contribution in [0.5, 0.6) is 5.75 Å². The molecule has 0 aliphatic rings. The zero-order valence-electron chi connectivity index (χ0n) is 12.1. The molecular formula is C15H20N2OS2. The van der Waals surface area contributed by atoms with E-state index in [4.69, 9.17) is 4.74 Å². The van der Waals surface area contributed by atoms with Crippen LogP contribution in [0.15, 0.2) is 34.1 Å². The maximum absolute atomic E-state index is 5.45. The van der Waals surface area contributed by atoms with E-state index in [-0.39, 0.29) is 0 Å². The lowest BCUT2D eigenvalue weighted by atomic mass is 10.1. The van der Waals surface area contributed by atoms with Crippen LogP contribution in [-0.2, 0) is 12.3 Å². The Hall–Kier alpha value is -1.04. The molecule has 0 fully saturated rings. The second kappa shape index (κ2) is 7.67. The summed E-state index contributed by atoms with van der Waals surface area (Å²) in [5.41, 5.74) is 2.50. The Morgan fingerprint density at radius 3 is 2.90 bits per heavy atom. The average Bonchev–Trinajstić information content (AvgIpc) is 2.96. The number of hydrogen-bond donors (Lipinski definition) is 1. The Bertz CT molecular complexity index is 527. The van der Waals surface area contributed by atoms with Gasteiger partial charge in [0.25, 0.3) is 0 Å². The van der Waals surface area contributed by atoms with Gasteiger partial charge in [-0.15, -0.1) is 11.3 Å². The summed E-state index contributed by atoms with van der Waals surface area (Å²) in [6, 6.07) is 6.88. The zero-order chi connectivity index (χ0) is 14.4. The minimum absolute atomic E-state index is 0.491. The standard InChI is InChI=1S/C15H20N2OS2/c1-11(2)17-9-12-4-5-14(18-3)13(8-12)10-20-15-16-6-7-19-15/h4-8,11,17H,9-10H2,1-3H3. The molecule has 0 aliphatic carbocycles. The highest BCUT2D eigenvalue weighted by Gasteiger charge is 2.07. The van der Waals surface area contributed by atoms with Crippen LogP contribution in [0.3, 0.4) is 0 Å². The van der Waals surface area contributed by atoms with E-state index in [0.717, 1.165) is 22.4 Å². The minimum atomic E-state index is 0.491. The van der Waals surface area contributed by atoms with Crippen LogP contribution >= 0.6 is 23.1 Å². The number of thiazole rings is 1. The molecule has 0 bridgehead atoms. The lowest BCUT2D eigenvalue weighted by Crippen LogP contribution is -2.21. The van der Waals surface area contributed by atoms with Gasteiger partial charge in [0.2, 0.25) is 0 Å². The van der Waals surface area contributed by atoms with Gasteiger partial charge in [0, 0.05) is 35.5 Å². The van der Waals surface area contributed by atoms with E-state index in [1.807, 2.05) is 11.6 Å². The van der Waals surface area contributed by atoms with Crippen molar-refractivity contribution in [1.29, 1.82) is 0 Å². The molecule has 108 valence electrons. The maximum atomic E-state index is 5.45. The lowest BCUT2D eigenvalue weighted by molar-refractivity contribution is 0.411. The number of nitrogens with one attached hydrogen (secondary N) is 1. The molecule has 0 aliphatic heterocycles. The fourth-order valence-electron chi connectivity index (χ4n) is 1.80. The second-order valence-electron chi connectivity index (χ2n) is 4.77. The van der Waals surface area contributed by atoms with Crippen molar-refractivity contribution in [2.45, 2.75) is 36.5 Å². The number of thioether (sulfide) groups is 1. The van der Waals surface area contributed by atoms with Crippen molar-refractivity contribution in [3.8, 4) is 5.75 Å². The molecule has 2 aromatic rings. The third-order valence-electron chi connectivity index (χ3n) is 2.82. The molecule has 5 heteroatoms. The SMILES string of the molecule is COc1ccc(CNC(C)C)cc1CSc1nccs1. The van der Waals surface area contributed by atoms with Gasteiger partial charge in [-0.1, -0.05) is 31.7 Å². The molecule has 1 aromatic heterocycles. The van der Waals surface area contributed by atoms with Crippen molar-refractivity contribution in [2.24, 2.45) is 0 Å². The van der Waals surface area contributed by atoms with Crippen molar-refractivity contribution in [2.75, 3.05) is 7.11 Å². The third kappa shape index (κ3) is 4.51. The Morgan fingerprint density at radius 2 is 2.25 bits per heavy atom. The normalized spacial score (nSPS) is 11.0. The van der Waals surface area contributed by atoms with Crippen molar-refractivity contribution < 1.29 is 4.74 Å². The van der Waals surface area contributed by atoms with Crippen molar-refractivity contribution in [3.05, 3.63) is 40.9 Å². The summed E-state index contributed by atoms with van der Waals surface area (Å²) in [4.78, 5) is 4.30. The molecule has 0 radical (unpaired) electrons. The molecule has 1 aromatic carbocycles. The average molecular weight is 308 g/mol. The Labute approximate surface area is 128 Å². The summed E-state index contributed by atoms with van der Waals surface area (Å²) in [5, 5.41) is 5.44. The maximum Gasteiger partial charge on any atom is 0.150 e. The zero-order valence-corrected chi connectivity index (χ0v) is 13.7. The second-order valence-corrected chi connectivity index (χ2v) is 6.89. The van der Waals surface area contributed by atoms with E-state index >= 15 is 0 Å². The number of nitrogens with zero attached hydrogens (tertiary/aromatic N) is 1. The third-order valence-corrected chi connectivity index (χ3v) is 4.83. The van der Waals surface area contributed by atoms with Gasteiger partial charge >= 0.3 is 0 Å². The van der Waals surface area contributed by atoms with Gasteiger partial charge in [0.05, 0.1) is 7.11 Å². The van der Waals surface area contributed by atoms with Crippen LogP contribution in [0.25, 0.3) is 0 Å². The first-order chi connectivity index (χ1) is 9.69. The molecule has 0 spiro atoms. The molecule has 1 N–H and O–H groups in total. The van der Waals surface area contributed by atoms with E-state index < -0.39 is 0 Å². The monoisotopic (exact) mass is 308 g/mol. The van der Waals surface area contributed by atoms with Crippen molar-refractivity contribution >= 4 is 23.1 Å². The molecule has 0 saturated carbocycles. The molecule has 2 rings (SSSR count). The highest BCUT2D eigenvalue weighted by molar-refractivity contribution is 8.00. The molecule has 1 heterocycles. The topological polar surface area (TPSA) is 34.1 Å². The van der Waals surface area contributed by atoms with Crippen LogP contribution in [0.2, 0.25) is 0 Å². The molecule has 0 atom stereocenters. The van der Waals surface area contributed by atoms with E-state index in [1.54, 1.807) is 30.2 Å². The van der Waals surface area contributed by atoms with Crippen molar-refractivity contribution in [1.82, 2.24) is 10.3 Å². The first-order valence-electron chi connectivity index (χ1n) is 6.60. The van der Waals surface area contributed by atoms with Gasteiger partial charge < -0.3 is 10.1 Å². The first kappa shape index (κ1) is 15.4. The fourth-order valence-corrected chi connectivity index (χ4v) is 3.41. The van der Waals surface area contributed by atoms with Gasteiger partial charge in [-0.25, -0.2) is 4.98 Å². The summed E-state index contributed by atoms with van der Waals surface area (Å²) < 4.78 is 6.54. The van der Waals surface area contributed by atoms with Crippen LogP contribution < -0.4 is 10.1 Å². The van der Waals surface area contributed by atoms with E-state index in [1.165, 1.54) is 11.1 Å². The Morgan fingerprint density at radius 1 is 1.40 bits per heavy atom. The Balaban J connectivity index is 2.05. The number of ether oxygens (including phenoxy) is 1. The lowest BCUT2D eigenvalue weighted by Gasteiger charge is -2.12. The number of aromatic nitrogens is 1. The van der Waals surface area contributed by atoms with Gasteiger partial charge in [-0.3, -0.25) is 0 Å². The summed E-state index contributed by atoms with van der Waals surface area (Å²) in [5.74, 6) is 1.83. The van der Waals surface area contributed by atoms with Crippen LogP contribution in [-0.4, -0.2) is 18.1 Å². The van der Waals surface area contributed by atoms with Gasteiger partial charge in [0.15, 0.2) is 0 Å². The summed E-state index contributed by atoms with van der Waals surface area (Å²) in [7, 11) is 1.72. The quantitative estimate of drug-likeness (QED) is 0.786. The van der Waals surface area contributed by atoms with Crippen molar-refractivity contribution in [3.63, 3.8) is 0 Å². The summed E-state index contributed by atoms with van der Waals surface area (Å²) >= 11 is 3.42. The van der Waals surface area contributed by atoms with E-state index in [9.17, 15) is 0 Å². The number of rotatable bonds is 7. The number of methoxy groups -OCH3 is 1. The Kier molecular flexibility index (Phi) is 5.88. The highest BCUT2D eigenvalue weighted by atomic mass is 32.2. The van der Waals surface area contributed by atoms with Gasteiger partial charge in [-0.05, 0) is 17.7 Å². The summed E-state index contributed by atoms with van der Waals surface area (Å²) in [6.45, 7) is 5.20. The van der Waals surface area contributed by atoms with Gasteiger partial charge in [0.1, 0.15) is 10.1 Å². The van der Waals surface area contributed by atoms with Crippen LogP contribution in [0.1, 0.15) is 25.0 Å². The molecule has 20 heavy (non-hydrogen) atoms. The van der Waals surface area contributed by atoms with Crippen LogP contribution in [0, 0.1) is 0 Å². The smallest absolute Gasteiger partial charge is 0.150 e. The largest absolute Gasteiger partial charge is 0.496 e. The molecular weight excluding hydrogens is 288 g/mol. The summed E-state index contributed by atoms with van der Waals surface area (Å²) in [6.07, 6.45) is 1.84.